The minimum atomic E-state index is -0.0935. The predicted molar refractivity (Wildman–Crippen MR) is 102 cm³/mol. The number of fused-ring (bicyclic) bond motifs is 1. The summed E-state index contributed by atoms with van der Waals surface area (Å²) in [6.45, 7) is 2.60. The first kappa shape index (κ1) is 16.8. The molecule has 1 aromatic carbocycles. The minimum absolute atomic E-state index is 0.0935. The van der Waals surface area contributed by atoms with E-state index in [9.17, 15) is 5.11 Å². The van der Waals surface area contributed by atoms with Crippen molar-refractivity contribution in [3.63, 3.8) is 0 Å². The molecule has 0 fully saturated rings. The maximum absolute atomic E-state index is 10.8. The number of benzene rings is 1. The van der Waals surface area contributed by atoms with Gasteiger partial charge in [-0.05, 0) is 31.7 Å². The van der Waals surface area contributed by atoms with Crippen LogP contribution in [0, 0.1) is 6.92 Å². The van der Waals surface area contributed by atoms with Gasteiger partial charge in [0, 0.05) is 25.5 Å². The second-order valence-electron chi connectivity index (χ2n) is 6.49. The molecule has 134 valence electrons. The van der Waals surface area contributed by atoms with E-state index < -0.39 is 0 Å². The van der Waals surface area contributed by atoms with Crippen LogP contribution >= 0.6 is 11.3 Å². The largest absolute Gasteiger partial charge is 0.492 e. The van der Waals surface area contributed by atoms with Crippen LogP contribution in [0.5, 0.6) is 5.88 Å². The third-order valence-electron chi connectivity index (χ3n) is 4.53. The van der Waals surface area contributed by atoms with E-state index in [1.54, 1.807) is 0 Å². The maximum atomic E-state index is 10.8. The van der Waals surface area contributed by atoms with E-state index in [0.717, 1.165) is 17.1 Å². The van der Waals surface area contributed by atoms with Crippen molar-refractivity contribution in [2.45, 2.75) is 19.5 Å². The molecule has 0 aliphatic rings. The third-order valence-corrected chi connectivity index (χ3v) is 5.61. The van der Waals surface area contributed by atoms with Gasteiger partial charge in [0.1, 0.15) is 5.82 Å². The first-order valence-corrected chi connectivity index (χ1v) is 9.26. The number of thiazole rings is 1. The van der Waals surface area contributed by atoms with Crippen molar-refractivity contribution in [3.05, 3.63) is 70.6 Å². The van der Waals surface area contributed by atoms with Crippen molar-refractivity contribution in [1.82, 2.24) is 24.1 Å². The Morgan fingerprint density at radius 2 is 1.96 bits per heavy atom. The van der Waals surface area contributed by atoms with Gasteiger partial charge < -0.3 is 9.67 Å². The summed E-state index contributed by atoms with van der Waals surface area (Å²) in [6.07, 6.45) is 2.02. The van der Waals surface area contributed by atoms with E-state index in [0.29, 0.717) is 10.8 Å². The molecule has 3 heterocycles. The van der Waals surface area contributed by atoms with Crippen LogP contribution in [0.1, 0.15) is 28.0 Å². The SMILES string of the molecule is Cc1nc2sc(C(c3cccn3C)N(C)Cc3ccccc3)c(O)n2n1. The topological polar surface area (TPSA) is 58.6 Å². The summed E-state index contributed by atoms with van der Waals surface area (Å²) in [5.41, 5.74) is 2.34. The molecule has 3 aromatic heterocycles. The van der Waals surface area contributed by atoms with Crippen molar-refractivity contribution in [3.8, 4) is 5.88 Å². The van der Waals surface area contributed by atoms with Crippen LogP contribution < -0.4 is 0 Å². The Labute approximate surface area is 156 Å². The second kappa shape index (κ2) is 6.59. The second-order valence-corrected chi connectivity index (χ2v) is 7.50. The lowest BCUT2D eigenvalue weighted by Crippen LogP contribution is -2.26. The fourth-order valence-electron chi connectivity index (χ4n) is 3.31. The van der Waals surface area contributed by atoms with Crippen LogP contribution in [0.3, 0.4) is 0 Å². The average Bonchev–Trinajstić information content (AvgIpc) is 3.27. The molecule has 4 rings (SSSR count). The number of aryl methyl sites for hydroxylation is 2. The number of hydrogen-bond donors (Lipinski definition) is 1. The number of hydrogen-bond acceptors (Lipinski definition) is 5. The zero-order valence-electron chi connectivity index (χ0n) is 15.0. The average molecular weight is 367 g/mol. The summed E-state index contributed by atoms with van der Waals surface area (Å²) in [5, 5.41) is 15.1. The van der Waals surface area contributed by atoms with Crippen LogP contribution in [0.15, 0.2) is 48.7 Å². The molecule has 0 radical (unpaired) electrons. The van der Waals surface area contributed by atoms with E-state index in [2.05, 4.69) is 44.8 Å². The van der Waals surface area contributed by atoms with E-state index in [1.165, 1.54) is 21.4 Å². The molecule has 0 bridgehead atoms. The smallest absolute Gasteiger partial charge is 0.230 e. The lowest BCUT2D eigenvalue weighted by molar-refractivity contribution is 0.259. The summed E-state index contributed by atoms with van der Waals surface area (Å²) in [5.74, 6) is 0.822. The van der Waals surface area contributed by atoms with Crippen LogP contribution in [0.4, 0.5) is 0 Å². The molecule has 6 nitrogen and oxygen atoms in total. The van der Waals surface area contributed by atoms with Crippen molar-refractivity contribution in [2.24, 2.45) is 7.05 Å². The summed E-state index contributed by atoms with van der Waals surface area (Å²) in [4.78, 5) is 8.21. The molecule has 0 aliphatic carbocycles. The van der Waals surface area contributed by atoms with E-state index >= 15 is 0 Å². The Bertz CT molecular complexity index is 1030. The highest BCUT2D eigenvalue weighted by atomic mass is 32.1. The Balaban J connectivity index is 1.78. The number of nitrogens with zero attached hydrogens (tertiary/aromatic N) is 5. The van der Waals surface area contributed by atoms with Gasteiger partial charge in [-0.15, -0.1) is 5.10 Å². The lowest BCUT2D eigenvalue weighted by atomic mass is 10.1. The zero-order chi connectivity index (χ0) is 18.3. The van der Waals surface area contributed by atoms with Gasteiger partial charge in [0.2, 0.25) is 10.8 Å². The van der Waals surface area contributed by atoms with Crippen LogP contribution in [0.25, 0.3) is 4.96 Å². The zero-order valence-corrected chi connectivity index (χ0v) is 15.8. The lowest BCUT2D eigenvalue weighted by Gasteiger charge is -2.28. The van der Waals surface area contributed by atoms with Crippen molar-refractivity contribution >= 4 is 16.3 Å². The summed E-state index contributed by atoms with van der Waals surface area (Å²) < 4.78 is 3.62. The van der Waals surface area contributed by atoms with Crippen LogP contribution in [-0.2, 0) is 13.6 Å². The Kier molecular flexibility index (Phi) is 4.26. The molecule has 26 heavy (non-hydrogen) atoms. The van der Waals surface area contributed by atoms with Gasteiger partial charge in [0.15, 0.2) is 0 Å². The summed E-state index contributed by atoms with van der Waals surface area (Å²) in [7, 11) is 4.10. The minimum Gasteiger partial charge on any atom is -0.492 e. The summed E-state index contributed by atoms with van der Waals surface area (Å²) >= 11 is 1.48. The number of aromatic nitrogens is 4. The monoisotopic (exact) mass is 367 g/mol. The Morgan fingerprint density at radius 1 is 1.19 bits per heavy atom. The van der Waals surface area contributed by atoms with E-state index in [1.807, 2.05) is 44.4 Å². The highest BCUT2D eigenvalue weighted by Gasteiger charge is 2.29. The van der Waals surface area contributed by atoms with E-state index in [4.69, 9.17) is 0 Å². The molecule has 4 aromatic rings. The maximum Gasteiger partial charge on any atom is 0.230 e. The Morgan fingerprint density at radius 3 is 2.62 bits per heavy atom. The number of aromatic hydroxyl groups is 1. The molecule has 0 saturated carbocycles. The quantitative estimate of drug-likeness (QED) is 0.588. The fourth-order valence-corrected chi connectivity index (χ4v) is 4.49. The van der Waals surface area contributed by atoms with Gasteiger partial charge in [-0.25, -0.2) is 4.98 Å². The van der Waals surface area contributed by atoms with Crippen LogP contribution in [-0.4, -0.2) is 36.2 Å². The molecule has 0 amide bonds. The molecule has 1 unspecified atom stereocenters. The molecule has 0 spiro atoms. The van der Waals surface area contributed by atoms with Gasteiger partial charge in [-0.1, -0.05) is 41.7 Å². The van der Waals surface area contributed by atoms with E-state index in [-0.39, 0.29) is 11.9 Å². The highest BCUT2D eigenvalue weighted by Crippen LogP contribution is 2.39. The molecular formula is C19H21N5OS. The predicted octanol–water partition coefficient (Wildman–Crippen LogP) is 3.36. The van der Waals surface area contributed by atoms with Gasteiger partial charge in [-0.2, -0.15) is 4.52 Å². The highest BCUT2D eigenvalue weighted by molar-refractivity contribution is 7.17. The Hall–Kier alpha value is -2.64. The first-order chi connectivity index (χ1) is 12.5. The number of rotatable bonds is 5. The molecule has 7 heteroatoms. The van der Waals surface area contributed by atoms with Gasteiger partial charge >= 0.3 is 0 Å². The van der Waals surface area contributed by atoms with Gasteiger partial charge in [0.05, 0.1) is 10.9 Å². The standard InChI is InChI=1S/C19H21N5OS/c1-13-20-19-24(21-13)18(25)17(26-19)16(15-10-7-11-22(15)2)23(3)12-14-8-5-4-6-9-14/h4-11,16,25H,12H2,1-3H3. The van der Waals surface area contributed by atoms with Gasteiger partial charge in [-0.3, -0.25) is 4.90 Å². The molecule has 1 N–H and O–H groups in total. The fraction of sp³-hybridized carbons (Fsp3) is 0.263. The summed E-state index contributed by atoms with van der Waals surface area (Å²) in [6, 6.07) is 14.4. The molecule has 0 saturated heterocycles. The third kappa shape index (κ3) is 2.89. The van der Waals surface area contributed by atoms with Crippen molar-refractivity contribution < 1.29 is 5.11 Å². The van der Waals surface area contributed by atoms with Crippen molar-refractivity contribution in [2.75, 3.05) is 7.05 Å². The van der Waals surface area contributed by atoms with Crippen LogP contribution in [0.2, 0.25) is 0 Å². The van der Waals surface area contributed by atoms with Gasteiger partial charge in [0.25, 0.3) is 0 Å². The molecule has 0 aliphatic heterocycles. The molecular weight excluding hydrogens is 346 g/mol. The molecule has 1 atom stereocenters. The first-order valence-electron chi connectivity index (χ1n) is 8.45. The van der Waals surface area contributed by atoms with Crippen molar-refractivity contribution in [1.29, 1.82) is 0 Å². The normalized spacial score (nSPS) is 12.9.